The van der Waals surface area contributed by atoms with E-state index in [4.69, 9.17) is 15.3 Å². The van der Waals surface area contributed by atoms with Crippen molar-refractivity contribution in [3.63, 3.8) is 0 Å². The van der Waals surface area contributed by atoms with Crippen LogP contribution in [-0.4, -0.2) is 25.9 Å². The zero-order valence-electron chi connectivity index (χ0n) is 11.4. The predicted molar refractivity (Wildman–Crippen MR) is 71.3 cm³/mol. The fourth-order valence-electron chi connectivity index (χ4n) is 2.58. The quantitative estimate of drug-likeness (QED) is 0.629. The van der Waals surface area contributed by atoms with Gasteiger partial charge in [-0.15, -0.1) is 0 Å². The van der Waals surface area contributed by atoms with E-state index in [9.17, 15) is 4.39 Å². The lowest BCUT2D eigenvalue weighted by Crippen LogP contribution is -2.42. The monoisotopic (exact) mass is 268 g/mol. The number of hydrogen-bond donors (Lipinski definition) is 2. The largest absolute Gasteiger partial charge is 0.494 e. The summed E-state index contributed by atoms with van der Waals surface area (Å²) >= 11 is 0. The van der Waals surface area contributed by atoms with E-state index in [-0.39, 0.29) is 23.7 Å². The third kappa shape index (κ3) is 3.43. The fourth-order valence-corrected chi connectivity index (χ4v) is 2.58. The Morgan fingerprint density at radius 2 is 2.37 bits per heavy atom. The number of halogens is 1. The molecule has 0 amide bonds. The minimum atomic E-state index is -0.341. The topological polar surface area (TPSA) is 56.5 Å². The molecule has 3 N–H and O–H groups in total. The van der Waals surface area contributed by atoms with Gasteiger partial charge in [-0.3, -0.25) is 11.3 Å². The lowest BCUT2D eigenvalue weighted by atomic mass is 9.92. The molecular formula is C14H21FN2O2. The van der Waals surface area contributed by atoms with Crippen LogP contribution in [0.1, 0.15) is 18.9 Å². The number of nitrogens with one attached hydrogen (secondary N) is 1. The second-order valence-corrected chi connectivity index (χ2v) is 5.09. The molecule has 0 radical (unpaired) electrons. The summed E-state index contributed by atoms with van der Waals surface area (Å²) in [5.74, 6) is 5.90. The summed E-state index contributed by atoms with van der Waals surface area (Å²) < 4.78 is 24.1. The molecule has 19 heavy (non-hydrogen) atoms. The van der Waals surface area contributed by atoms with Crippen LogP contribution in [0.2, 0.25) is 0 Å². The van der Waals surface area contributed by atoms with Crippen LogP contribution in [0.3, 0.4) is 0 Å². The minimum Gasteiger partial charge on any atom is -0.494 e. The van der Waals surface area contributed by atoms with Crippen molar-refractivity contribution in [3.8, 4) is 5.75 Å². The van der Waals surface area contributed by atoms with Gasteiger partial charge >= 0.3 is 0 Å². The number of hydrogen-bond acceptors (Lipinski definition) is 4. The molecule has 1 heterocycles. The highest BCUT2D eigenvalue weighted by Crippen LogP contribution is 2.25. The van der Waals surface area contributed by atoms with Crippen molar-refractivity contribution in [2.75, 3.05) is 13.7 Å². The Morgan fingerprint density at radius 3 is 2.89 bits per heavy atom. The first-order valence-corrected chi connectivity index (χ1v) is 6.54. The van der Waals surface area contributed by atoms with Gasteiger partial charge in [-0.2, -0.15) is 0 Å². The Morgan fingerprint density at radius 1 is 1.58 bits per heavy atom. The van der Waals surface area contributed by atoms with E-state index in [1.54, 1.807) is 6.07 Å². The predicted octanol–water partition coefficient (Wildman–Crippen LogP) is 1.63. The van der Waals surface area contributed by atoms with E-state index in [1.807, 2.05) is 6.07 Å². The highest BCUT2D eigenvalue weighted by Gasteiger charge is 2.29. The number of nitrogens with two attached hydrogens (primary N) is 1. The van der Waals surface area contributed by atoms with Crippen molar-refractivity contribution in [2.45, 2.75) is 31.9 Å². The molecule has 0 aromatic heterocycles. The summed E-state index contributed by atoms with van der Waals surface area (Å²) in [6.07, 6.45) is 1.93. The second kappa shape index (κ2) is 6.32. The Bertz CT molecular complexity index is 428. The lowest BCUT2D eigenvalue weighted by Gasteiger charge is -2.21. The lowest BCUT2D eigenvalue weighted by molar-refractivity contribution is 0.117. The third-order valence-corrected chi connectivity index (χ3v) is 3.68. The molecule has 106 valence electrons. The fraction of sp³-hybridized carbons (Fsp3) is 0.571. The second-order valence-electron chi connectivity index (χ2n) is 5.09. The average Bonchev–Trinajstić information content (AvgIpc) is 2.82. The maximum absolute atomic E-state index is 13.6. The zero-order valence-corrected chi connectivity index (χ0v) is 11.4. The maximum atomic E-state index is 13.6. The number of methoxy groups -OCH3 is 1. The highest BCUT2D eigenvalue weighted by molar-refractivity contribution is 5.29. The molecule has 4 nitrogen and oxygen atoms in total. The van der Waals surface area contributed by atoms with E-state index in [1.165, 1.54) is 13.2 Å². The van der Waals surface area contributed by atoms with Gasteiger partial charge in [0.25, 0.3) is 0 Å². The highest BCUT2D eigenvalue weighted by atomic mass is 19.1. The molecule has 3 atom stereocenters. The van der Waals surface area contributed by atoms with Crippen LogP contribution in [0, 0.1) is 11.7 Å². The molecule has 1 aliphatic rings. The number of hydrazine groups is 1. The first kappa shape index (κ1) is 14.2. The molecule has 1 aromatic carbocycles. The Labute approximate surface area is 113 Å². The molecule has 0 bridgehead atoms. The summed E-state index contributed by atoms with van der Waals surface area (Å²) in [5, 5.41) is 0. The molecule has 2 rings (SSSR count). The van der Waals surface area contributed by atoms with Gasteiger partial charge in [0.1, 0.15) is 0 Å². The van der Waals surface area contributed by atoms with Gasteiger partial charge in [0, 0.05) is 12.0 Å². The van der Waals surface area contributed by atoms with Crippen molar-refractivity contribution in [1.82, 2.24) is 5.43 Å². The molecule has 1 saturated heterocycles. The van der Waals surface area contributed by atoms with Crippen LogP contribution in [0.5, 0.6) is 5.75 Å². The van der Waals surface area contributed by atoms with Crippen LogP contribution in [0.25, 0.3) is 0 Å². The zero-order chi connectivity index (χ0) is 13.8. The van der Waals surface area contributed by atoms with Gasteiger partial charge in [-0.1, -0.05) is 6.07 Å². The summed E-state index contributed by atoms with van der Waals surface area (Å²) in [5.41, 5.74) is 3.73. The van der Waals surface area contributed by atoms with Crippen LogP contribution in [0.15, 0.2) is 18.2 Å². The molecule has 1 aliphatic heterocycles. The number of ether oxygens (including phenoxy) is 2. The normalized spacial score (nSPS) is 24.4. The van der Waals surface area contributed by atoms with E-state index in [2.05, 4.69) is 12.3 Å². The van der Waals surface area contributed by atoms with Crippen molar-refractivity contribution >= 4 is 0 Å². The molecule has 0 spiro atoms. The average molecular weight is 268 g/mol. The van der Waals surface area contributed by atoms with Crippen LogP contribution in [-0.2, 0) is 11.2 Å². The summed E-state index contributed by atoms with van der Waals surface area (Å²) in [6.45, 7) is 2.76. The first-order valence-electron chi connectivity index (χ1n) is 6.54. The standard InChI is InChI=1S/C14H21FN2O2/c1-9-5-11(8-19-9)13(17-16)7-10-3-4-14(18-2)12(15)6-10/h3-4,6,9,11,13,17H,5,7-8,16H2,1-2H3. The maximum Gasteiger partial charge on any atom is 0.165 e. The molecule has 5 heteroatoms. The van der Waals surface area contributed by atoms with E-state index >= 15 is 0 Å². The molecule has 1 fully saturated rings. The molecule has 0 saturated carbocycles. The van der Waals surface area contributed by atoms with Gasteiger partial charge in [-0.05, 0) is 37.5 Å². The van der Waals surface area contributed by atoms with Crippen molar-refractivity contribution < 1.29 is 13.9 Å². The Hall–Kier alpha value is -1.17. The molecule has 0 aliphatic carbocycles. The van der Waals surface area contributed by atoms with E-state index in [0.717, 1.165) is 12.0 Å². The van der Waals surface area contributed by atoms with Crippen molar-refractivity contribution in [1.29, 1.82) is 0 Å². The molecular weight excluding hydrogens is 247 g/mol. The molecule has 3 unspecified atom stereocenters. The van der Waals surface area contributed by atoms with Gasteiger partial charge < -0.3 is 9.47 Å². The smallest absolute Gasteiger partial charge is 0.165 e. The van der Waals surface area contributed by atoms with Gasteiger partial charge in [0.05, 0.1) is 19.8 Å². The van der Waals surface area contributed by atoms with E-state index < -0.39 is 0 Å². The van der Waals surface area contributed by atoms with E-state index in [0.29, 0.717) is 18.9 Å². The summed E-state index contributed by atoms with van der Waals surface area (Å²) in [6, 6.07) is 5.11. The molecule has 1 aromatic rings. The summed E-state index contributed by atoms with van der Waals surface area (Å²) in [7, 11) is 1.46. The van der Waals surface area contributed by atoms with Crippen molar-refractivity contribution in [3.05, 3.63) is 29.6 Å². The SMILES string of the molecule is COc1ccc(CC(NN)C2COC(C)C2)cc1F. The Kier molecular flexibility index (Phi) is 4.74. The number of benzene rings is 1. The van der Waals surface area contributed by atoms with Crippen molar-refractivity contribution in [2.24, 2.45) is 11.8 Å². The number of rotatable bonds is 5. The third-order valence-electron chi connectivity index (χ3n) is 3.68. The van der Waals surface area contributed by atoms with Gasteiger partial charge in [0.15, 0.2) is 11.6 Å². The Balaban J connectivity index is 2.03. The summed E-state index contributed by atoms with van der Waals surface area (Å²) in [4.78, 5) is 0. The van der Waals surface area contributed by atoms with Crippen LogP contribution < -0.4 is 16.0 Å². The van der Waals surface area contributed by atoms with Crippen LogP contribution in [0.4, 0.5) is 4.39 Å². The van der Waals surface area contributed by atoms with Crippen LogP contribution >= 0.6 is 0 Å². The van der Waals surface area contributed by atoms with Gasteiger partial charge in [-0.25, -0.2) is 4.39 Å². The first-order chi connectivity index (χ1) is 9.13. The minimum absolute atomic E-state index is 0.0951. The van der Waals surface area contributed by atoms with Gasteiger partial charge in [0.2, 0.25) is 0 Å².